The molecule has 35 heavy (non-hydrogen) atoms. The van der Waals surface area contributed by atoms with Crippen LogP contribution in [0.3, 0.4) is 0 Å². The van der Waals surface area contributed by atoms with Crippen molar-refractivity contribution < 1.29 is 13.2 Å². The third-order valence-electron chi connectivity index (χ3n) is 7.43. The van der Waals surface area contributed by atoms with E-state index in [2.05, 4.69) is 34.5 Å². The highest BCUT2D eigenvalue weighted by Gasteiger charge is 2.34. The summed E-state index contributed by atoms with van der Waals surface area (Å²) in [7, 11) is -1.70. The average Bonchev–Trinajstić information content (AvgIpc) is 3.26. The van der Waals surface area contributed by atoms with Crippen LogP contribution in [0.4, 0.5) is 0 Å². The lowest BCUT2D eigenvalue weighted by atomic mass is 9.97. The second kappa shape index (κ2) is 10.1. The molecule has 0 saturated carbocycles. The molecule has 2 aliphatic heterocycles. The quantitative estimate of drug-likeness (QED) is 0.570. The number of fused-ring (bicyclic) bond motifs is 1. The number of amides is 1. The predicted octanol–water partition coefficient (Wildman–Crippen LogP) is 3.36. The fourth-order valence-electron chi connectivity index (χ4n) is 5.34. The summed E-state index contributed by atoms with van der Waals surface area (Å²) < 4.78 is 30.2. The lowest BCUT2D eigenvalue weighted by molar-refractivity contribution is -0.127. The summed E-state index contributed by atoms with van der Waals surface area (Å²) in [6, 6.07) is 17.8. The van der Waals surface area contributed by atoms with Gasteiger partial charge in [0.15, 0.2) is 0 Å². The number of nitrogens with one attached hydrogen (secondary N) is 1. The minimum atomic E-state index is -3.64. The molecule has 0 aliphatic carbocycles. The van der Waals surface area contributed by atoms with Gasteiger partial charge in [-0.1, -0.05) is 30.3 Å². The first-order chi connectivity index (χ1) is 16.9. The normalized spacial score (nSPS) is 20.8. The summed E-state index contributed by atoms with van der Waals surface area (Å²) in [5.74, 6) is -0.314. The van der Waals surface area contributed by atoms with Crippen molar-refractivity contribution in [3.05, 3.63) is 66.4 Å². The van der Waals surface area contributed by atoms with Gasteiger partial charge in [0, 0.05) is 62.9 Å². The Morgan fingerprint density at radius 1 is 1.00 bits per heavy atom. The van der Waals surface area contributed by atoms with Crippen molar-refractivity contribution in [2.24, 2.45) is 13.0 Å². The lowest BCUT2D eigenvalue weighted by Gasteiger charge is -2.35. The Balaban J connectivity index is 1.17. The van der Waals surface area contributed by atoms with Gasteiger partial charge in [0.25, 0.3) is 0 Å². The van der Waals surface area contributed by atoms with Gasteiger partial charge in [-0.15, -0.1) is 0 Å². The number of carbonyl (C=O) groups is 1. The molecule has 186 valence electrons. The summed E-state index contributed by atoms with van der Waals surface area (Å²) in [5, 5.41) is 4.12. The summed E-state index contributed by atoms with van der Waals surface area (Å²) in [4.78, 5) is 15.8. The van der Waals surface area contributed by atoms with Crippen LogP contribution in [-0.4, -0.2) is 60.3 Å². The number of sulfonamides is 1. The molecule has 1 aromatic heterocycles. The smallest absolute Gasteiger partial charge is 0.243 e. The van der Waals surface area contributed by atoms with E-state index in [1.54, 1.807) is 12.1 Å². The molecule has 8 heteroatoms. The Bertz CT molecular complexity index is 1280. The molecule has 1 amide bonds. The first-order valence-electron chi connectivity index (χ1n) is 12.5. The van der Waals surface area contributed by atoms with Gasteiger partial charge in [-0.05, 0) is 55.5 Å². The van der Waals surface area contributed by atoms with Gasteiger partial charge >= 0.3 is 0 Å². The number of carbonyl (C=O) groups excluding carboxylic acids is 1. The molecule has 3 aromatic rings. The van der Waals surface area contributed by atoms with Crippen molar-refractivity contribution in [3.63, 3.8) is 0 Å². The third kappa shape index (κ3) is 5.29. The van der Waals surface area contributed by atoms with Crippen LogP contribution in [0.25, 0.3) is 10.9 Å². The van der Waals surface area contributed by atoms with Crippen LogP contribution >= 0.6 is 0 Å². The summed E-state index contributed by atoms with van der Waals surface area (Å²) in [5.41, 5.74) is 2.31. The largest absolute Gasteiger partial charge is 0.353 e. The third-order valence-corrected chi connectivity index (χ3v) is 9.29. The fourth-order valence-corrected chi connectivity index (χ4v) is 6.90. The Morgan fingerprint density at radius 2 is 1.77 bits per heavy atom. The molecule has 2 saturated heterocycles. The molecule has 3 heterocycles. The van der Waals surface area contributed by atoms with E-state index in [1.807, 2.05) is 36.0 Å². The predicted molar refractivity (Wildman–Crippen MR) is 137 cm³/mol. The van der Waals surface area contributed by atoms with E-state index in [1.165, 1.54) is 9.87 Å². The molecule has 0 spiro atoms. The molecule has 5 rings (SSSR count). The maximum atomic E-state index is 13.4. The van der Waals surface area contributed by atoms with Crippen LogP contribution in [0, 0.1) is 5.92 Å². The monoisotopic (exact) mass is 494 g/mol. The van der Waals surface area contributed by atoms with Crippen molar-refractivity contribution in [3.8, 4) is 0 Å². The number of nitrogens with zero attached hydrogens (tertiary/aromatic N) is 3. The Labute approximate surface area is 207 Å². The zero-order valence-corrected chi connectivity index (χ0v) is 21.1. The van der Waals surface area contributed by atoms with Gasteiger partial charge in [-0.25, -0.2) is 8.42 Å². The zero-order chi connectivity index (χ0) is 24.4. The van der Waals surface area contributed by atoms with Crippen LogP contribution in [0.2, 0.25) is 0 Å². The van der Waals surface area contributed by atoms with E-state index >= 15 is 0 Å². The molecule has 1 atom stereocenters. The van der Waals surface area contributed by atoms with E-state index in [4.69, 9.17) is 0 Å². The van der Waals surface area contributed by atoms with Crippen molar-refractivity contribution >= 4 is 26.8 Å². The van der Waals surface area contributed by atoms with Gasteiger partial charge in [-0.3, -0.25) is 9.69 Å². The molecule has 0 bridgehead atoms. The molecule has 0 unspecified atom stereocenters. The highest BCUT2D eigenvalue weighted by atomic mass is 32.2. The van der Waals surface area contributed by atoms with Gasteiger partial charge < -0.3 is 9.88 Å². The van der Waals surface area contributed by atoms with Gasteiger partial charge in [0.2, 0.25) is 15.9 Å². The molecule has 7 nitrogen and oxygen atoms in total. The van der Waals surface area contributed by atoms with E-state index in [-0.39, 0.29) is 24.4 Å². The number of benzene rings is 2. The highest BCUT2D eigenvalue weighted by Crippen LogP contribution is 2.27. The van der Waals surface area contributed by atoms with Crippen molar-refractivity contribution in [1.29, 1.82) is 0 Å². The second-order valence-electron chi connectivity index (χ2n) is 9.89. The van der Waals surface area contributed by atoms with Gasteiger partial charge in [-0.2, -0.15) is 4.31 Å². The molecular weight excluding hydrogens is 460 g/mol. The molecule has 2 aliphatic rings. The summed E-state index contributed by atoms with van der Waals surface area (Å²) in [6.45, 7) is 3.54. The molecular formula is C27H34N4O3S. The lowest BCUT2D eigenvalue weighted by Crippen LogP contribution is -2.50. The number of aryl methyl sites for hydroxylation is 1. The molecule has 2 aromatic carbocycles. The Hall–Kier alpha value is -2.68. The van der Waals surface area contributed by atoms with Crippen LogP contribution < -0.4 is 5.32 Å². The van der Waals surface area contributed by atoms with Crippen molar-refractivity contribution in [1.82, 2.24) is 19.1 Å². The second-order valence-corrected chi connectivity index (χ2v) is 11.8. The maximum Gasteiger partial charge on any atom is 0.243 e. The summed E-state index contributed by atoms with van der Waals surface area (Å²) >= 11 is 0. The average molecular weight is 495 g/mol. The van der Waals surface area contributed by atoms with Crippen LogP contribution in [0.5, 0.6) is 0 Å². The number of aromatic nitrogens is 1. The maximum absolute atomic E-state index is 13.4. The molecule has 1 N–H and O–H groups in total. The van der Waals surface area contributed by atoms with E-state index in [0.29, 0.717) is 17.9 Å². The first kappa shape index (κ1) is 24.0. The van der Waals surface area contributed by atoms with Gasteiger partial charge in [0.05, 0.1) is 10.8 Å². The first-order valence-corrected chi connectivity index (χ1v) is 14.0. The highest BCUT2D eigenvalue weighted by molar-refractivity contribution is 7.89. The van der Waals surface area contributed by atoms with Crippen LogP contribution in [0.1, 0.15) is 31.2 Å². The fraction of sp³-hybridized carbons (Fsp3) is 0.444. The number of piperidine rings is 2. The SMILES string of the molecule is Cn1ccc2cc(S(=O)(=O)N3CCC[C@@H](C(=O)NC4CCN(Cc5ccccc5)CC4)C3)ccc21. The minimum Gasteiger partial charge on any atom is -0.353 e. The van der Waals surface area contributed by atoms with Crippen molar-refractivity contribution in [2.75, 3.05) is 26.2 Å². The summed E-state index contributed by atoms with van der Waals surface area (Å²) in [6.07, 6.45) is 5.19. The van der Waals surface area contributed by atoms with E-state index in [0.717, 1.165) is 49.8 Å². The standard InChI is InChI=1S/C27H34N4O3S/c1-29-15-11-22-18-25(9-10-26(22)29)35(33,34)31-14-5-8-23(20-31)27(32)28-24-12-16-30(17-13-24)19-21-6-3-2-4-7-21/h2-4,6-7,9-11,15,18,23-24H,5,8,12-14,16-17,19-20H2,1H3,(H,28,32)/t23-/m1/s1. The van der Waals surface area contributed by atoms with Crippen LogP contribution in [0.15, 0.2) is 65.7 Å². The Kier molecular flexibility index (Phi) is 6.95. The number of hydrogen-bond donors (Lipinski definition) is 1. The van der Waals surface area contributed by atoms with Crippen LogP contribution in [-0.2, 0) is 28.4 Å². The van der Waals surface area contributed by atoms with E-state index in [9.17, 15) is 13.2 Å². The topological polar surface area (TPSA) is 74.6 Å². The Morgan fingerprint density at radius 3 is 2.54 bits per heavy atom. The molecule has 2 fully saturated rings. The minimum absolute atomic E-state index is 0.00933. The van der Waals surface area contributed by atoms with Crippen molar-refractivity contribution in [2.45, 2.75) is 43.2 Å². The number of rotatable bonds is 6. The molecule has 0 radical (unpaired) electrons. The number of likely N-dealkylation sites (tertiary alicyclic amines) is 1. The number of hydrogen-bond acceptors (Lipinski definition) is 4. The van der Waals surface area contributed by atoms with E-state index < -0.39 is 10.0 Å². The van der Waals surface area contributed by atoms with Gasteiger partial charge in [0.1, 0.15) is 0 Å². The zero-order valence-electron chi connectivity index (χ0n) is 20.3.